The van der Waals surface area contributed by atoms with E-state index in [9.17, 15) is 14.7 Å². The minimum atomic E-state index is -0.488. The van der Waals surface area contributed by atoms with E-state index in [1.54, 1.807) is 25.4 Å². The molecule has 1 saturated heterocycles. The van der Waals surface area contributed by atoms with Crippen molar-refractivity contribution in [1.29, 1.82) is 0 Å². The van der Waals surface area contributed by atoms with Gasteiger partial charge in [-0.2, -0.15) is 0 Å². The van der Waals surface area contributed by atoms with Crippen LogP contribution in [-0.2, 0) is 9.53 Å². The SMILES string of the molecule is COCC(CO)n1cccc(N2C[C@@H](c3ccc(OC)cc3)CC2=O)c1=O. The molecule has 1 aromatic carbocycles. The molecule has 1 fully saturated rings. The number of nitrogens with zero attached hydrogens (tertiary/aromatic N) is 2. The van der Waals surface area contributed by atoms with Crippen LogP contribution in [0, 0.1) is 0 Å². The molecular formula is C20H24N2O5. The first-order valence-corrected chi connectivity index (χ1v) is 8.84. The number of methoxy groups -OCH3 is 2. The molecule has 1 N–H and O–H groups in total. The van der Waals surface area contributed by atoms with Gasteiger partial charge in [0.25, 0.3) is 5.56 Å². The summed E-state index contributed by atoms with van der Waals surface area (Å²) in [4.78, 5) is 27.0. The number of rotatable bonds is 7. The monoisotopic (exact) mass is 372 g/mol. The first-order valence-electron chi connectivity index (χ1n) is 8.84. The van der Waals surface area contributed by atoms with Crippen LogP contribution in [0.3, 0.4) is 0 Å². The molecule has 2 heterocycles. The van der Waals surface area contributed by atoms with Gasteiger partial charge in [-0.05, 0) is 29.8 Å². The van der Waals surface area contributed by atoms with Crippen molar-refractivity contribution in [2.75, 3.05) is 38.9 Å². The molecule has 144 valence electrons. The largest absolute Gasteiger partial charge is 0.497 e. The van der Waals surface area contributed by atoms with Crippen LogP contribution in [-0.4, -0.2) is 49.6 Å². The highest BCUT2D eigenvalue weighted by atomic mass is 16.5. The molecule has 2 aromatic rings. The summed E-state index contributed by atoms with van der Waals surface area (Å²) in [6, 6.07) is 10.5. The Morgan fingerprint density at radius 3 is 2.56 bits per heavy atom. The molecule has 1 aromatic heterocycles. The Bertz CT molecular complexity index is 846. The standard InChI is InChI=1S/C20H24N2O5/c1-26-13-16(12-23)21-9-3-4-18(20(21)25)22-11-15(10-19(22)24)14-5-7-17(27-2)8-6-14/h3-9,15-16,23H,10-13H2,1-2H3/t15-,16?/m0/s1. The second-order valence-electron chi connectivity index (χ2n) is 6.58. The number of aromatic nitrogens is 1. The van der Waals surface area contributed by atoms with Gasteiger partial charge in [-0.3, -0.25) is 9.59 Å². The van der Waals surface area contributed by atoms with Gasteiger partial charge >= 0.3 is 0 Å². The molecule has 1 amide bonds. The van der Waals surface area contributed by atoms with Gasteiger partial charge in [-0.1, -0.05) is 12.1 Å². The molecule has 3 rings (SSSR count). The maximum Gasteiger partial charge on any atom is 0.274 e. The van der Waals surface area contributed by atoms with E-state index < -0.39 is 6.04 Å². The molecule has 2 atom stereocenters. The molecule has 1 aliphatic heterocycles. The number of anilines is 1. The van der Waals surface area contributed by atoms with Crippen molar-refractivity contribution in [2.24, 2.45) is 0 Å². The molecule has 27 heavy (non-hydrogen) atoms. The molecule has 7 nitrogen and oxygen atoms in total. The van der Waals surface area contributed by atoms with Crippen molar-refractivity contribution in [1.82, 2.24) is 4.57 Å². The van der Waals surface area contributed by atoms with Gasteiger partial charge in [0.1, 0.15) is 11.4 Å². The third-order valence-corrected chi connectivity index (χ3v) is 4.92. The van der Waals surface area contributed by atoms with Gasteiger partial charge < -0.3 is 24.0 Å². The summed E-state index contributed by atoms with van der Waals surface area (Å²) in [6.45, 7) is 0.431. The zero-order valence-corrected chi connectivity index (χ0v) is 15.5. The molecule has 0 aliphatic carbocycles. The molecule has 0 spiro atoms. The average Bonchev–Trinajstić information content (AvgIpc) is 3.08. The zero-order chi connectivity index (χ0) is 19.4. The van der Waals surface area contributed by atoms with E-state index >= 15 is 0 Å². The normalized spacial score (nSPS) is 18.0. The number of pyridine rings is 1. The highest BCUT2D eigenvalue weighted by Gasteiger charge is 2.33. The van der Waals surface area contributed by atoms with Crippen molar-refractivity contribution >= 4 is 11.6 Å². The van der Waals surface area contributed by atoms with Crippen LogP contribution in [0.1, 0.15) is 23.9 Å². The summed E-state index contributed by atoms with van der Waals surface area (Å²) in [5.74, 6) is 0.695. The van der Waals surface area contributed by atoms with E-state index in [0.717, 1.165) is 11.3 Å². The van der Waals surface area contributed by atoms with E-state index in [1.807, 2.05) is 24.3 Å². The maximum absolute atomic E-state index is 12.9. The van der Waals surface area contributed by atoms with Crippen molar-refractivity contribution in [3.05, 3.63) is 58.5 Å². The Kier molecular flexibility index (Phi) is 5.93. The average molecular weight is 372 g/mol. The number of carbonyl (C=O) groups excluding carboxylic acids is 1. The van der Waals surface area contributed by atoms with Crippen LogP contribution in [0.5, 0.6) is 5.75 Å². The van der Waals surface area contributed by atoms with E-state index in [-0.39, 0.29) is 30.6 Å². The van der Waals surface area contributed by atoms with Gasteiger partial charge in [0.05, 0.1) is 26.4 Å². The summed E-state index contributed by atoms with van der Waals surface area (Å²) >= 11 is 0. The van der Waals surface area contributed by atoms with E-state index in [0.29, 0.717) is 18.7 Å². The van der Waals surface area contributed by atoms with Crippen LogP contribution in [0.15, 0.2) is 47.4 Å². The summed E-state index contributed by atoms with van der Waals surface area (Å²) in [5, 5.41) is 9.55. The number of amides is 1. The third-order valence-electron chi connectivity index (χ3n) is 4.92. The number of aliphatic hydroxyl groups is 1. The Morgan fingerprint density at radius 2 is 1.93 bits per heavy atom. The number of ether oxygens (including phenoxy) is 2. The summed E-state index contributed by atoms with van der Waals surface area (Å²) in [7, 11) is 3.13. The third kappa shape index (κ3) is 3.89. The van der Waals surface area contributed by atoms with Crippen LogP contribution in [0.2, 0.25) is 0 Å². The highest BCUT2D eigenvalue weighted by molar-refractivity contribution is 5.96. The Balaban J connectivity index is 1.86. The molecule has 0 bridgehead atoms. The fraction of sp³-hybridized carbons (Fsp3) is 0.400. The molecule has 0 radical (unpaired) electrons. The number of hydrogen-bond donors (Lipinski definition) is 1. The lowest BCUT2D eigenvalue weighted by Gasteiger charge is -2.21. The summed E-state index contributed by atoms with van der Waals surface area (Å²) in [5.41, 5.74) is 1.06. The molecular weight excluding hydrogens is 348 g/mol. The number of hydrogen-bond acceptors (Lipinski definition) is 5. The maximum atomic E-state index is 12.9. The van der Waals surface area contributed by atoms with Gasteiger partial charge in [0, 0.05) is 32.2 Å². The molecule has 0 saturated carbocycles. The molecule has 7 heteroatoms. The first kappa shape index (κ1) is 19.1. The second-order valence-corrected chi connectivity index (χ2v) is 6.58. The molecule has 1 unspecified atom stereocenters. The van der Waals surface area contributed by atoms with E-state index in [1.165, 1.54) is 16.6 Å². The number of benzene rings is 1. The van der Waals surface area contributed by atoms with Gasteiger partial charge in [0.15, 0.2) is 0 Å². The Hall–Kier alpha value is -2.64. The van der Waals surface area contributed by atoms with Crippen molar-refractivity contribution in [2.45, 2.75) is 18.4 Å². The van der Waals surface area contributed by atoms with Gasteiger partial charge in [0.2, 0.25) is 5.91 Å². The number of carbonyl (C=O) groups is 1. The molecule has 1 aliphatic rings. The predicted octanol–water partition coefficient (Wildman–Crippen LogP) is 1.56. The van der Waals surface area contributed by atoms with Crippen LogP contribution in [0.4, 0.5) is 5.69 Å². The second kappa shape index (κ2) is 8.37. The fourth-order valence-corrected chi connectivity index (χ4v) is 3.44. The van der Waals surface area contributed by atoms with Crippen molar-refractivity contribution in [3.8, 4) is 5.75 Å². The minimum absolute atomic E-state index is 0.0177. The van der Waals surface area contributed by atoms with E-state index in [2.05, 4.69) is 0 Å². The lowest BCUT2D eigenvalue weighted by molar-refractivity contribution is -0.117. The van der Waals surface area contributed by atoms with Crippen LogP contribution in [0.25, 0.3) is 0 Å². The Morgan fingerprint density at radius 1 is 1.19 bits per heavy atom. The predicted molar refractivity (Wildman–Crippen MR) is 101 cm³/mol. The van der Waals surface area contributed by atoms with Gasteiger partial charge in [-0.25, -0.2) is 0 Å². The zero-order valence-electron chi connectivity index (χ0n) is 15.5. The lowest BCUT2D eigenvalue weighted by atomic mass is 9.98. The van der Waals surface area contributed by atoms with Crippen LogP contribution >= 0.6 is 0 Å². The lowest BCUT2D eigenvalue weighted by Crippen LogP contribution is -2.36. The topological polar surface area (TPSA) is 81.0 Å². The number of aliphatic hydroxyl groups excluding tert-OH is 1. The minimum Gasteiger partial charge on any atom is -0.497 e. The smallest absolute Gasteiger partial charge is 0.274 e. The summed E-state index contributed by atoms with van der Waals surface area (Å²) < 4.78 is 11.7. The first-order chi connectivity index (χ1) is 13.1. The van der Waals surface area contributed by atoms with Crippen LogP contribution < -0.4 is 15.2 Å². The van der Waals surface area contributed by atoms with Crippen molar-refractivity contribution in [3.63, 3.8) is 0 Å². The highest BCUT2D eigenvalue weighted by Crippen LogP contribution is 2.31. The van der Waals surface area contributed by atoms with Gasteiger partial charge in [-0.15, -0.1) is 0 Å². The quantitative estimate of drug-likeness (QED) is 0.798. The fourth-order valence-electron chi connectivity index (χ4n) is 3.44. The van der Waals surface area contributed by atoms with E-state index in [4.69, 9.17) is 9.47 Å². The Labute approximate surface area is 157 Å². The van der Waals surface area contributed by atoms with Crippen molar-refractivity contribution < 1.29 is 19.4 Å². The summed E-state index contributed by atoms with van der Waals surface area (Å²) in [6.07, 6.45) is 1.95.